The molecule has 0 aliphatic carbocycles. The number of ether oxygens (including phenoxy) is 1. The molecule has 0 aliphatic rings. The lowest BCUT2D eigenvalue weighted by Crippen LogP contribution is -2.54. The molecule has 0 saturated carbocycles. The first-order valence-corrected chi connectivity index (χ1v) is 13.1. The van der Waals surface area contributed by atoms with Crippen molar-refractivity contribution < 1.29 is 24.2 Å². The Hall–Kier alpha value is -3.55. The summed E-state index contributed by atoms with van der Waals surface area (Å²) in [6, 6.07) is 9.97. The van der Waals surface area contributed by atoms with Crippen molar-refractivity contribution in [3.63, 3.8) is 0 Å². The molecule has 8 nitrogen and oxygen atoms in total. The molecule has 2 rings (SSSR count). The highest BCUT2D eigenvalue weighted by molar-refractivity contribution is 5.99. The van der Waals surface area contributed by atoms with Crippen LogP contribution in [0, 0.1) is 19.8 Å². The molecule has 2 unspecified atom stereocenters. The molecule has 8 heteroatoms. The number of anilines is 1. The zero-order valence-corrected chi connectivity index (χ0v) is 24.1. The number of nitrogens with one attached hydrogen (secondary N) is 2. The van der Waals surface area contributed by atoms with Crippen molar-refractivity contribution in [1.82, 2.24) is 10.2 Å². The molecule has 2 aromatic rings. The second-order valence-electron chi connectivity index (χ2n) is 11.4. The summed E-state index contributed by atoms with van der Waals surface area (Å²) in [6.45, 7) is 16.5. The fraction of sp³-hybridized carbons (Fsp3) is 0.500. The fourth-order valence-corrected chi connectivity index (χ4v) is 4.20. The number of para-hydroxylation sites is 1. The molecule has 3 N–H and O–H groups in total. The van der Waals surface area contributed by atoms with Gasteiger partial charge in [0.2, 0.25) is 5.91 Å². The molecule has 0 aliphatic heterocycles. The summed E-state index contributed by atoms with van der Waals surface area (Å²) >= 11 is 0. The molecule has 0 heterocycles. The second-order valence-corrected chi connectivity index (χ2v) is 11.4. The minimum Gasteiger partial charge on any atom is -0.508 e. The summed E-state index contributed by atoms with van der Waals surface area (Å²) in [5.41, 5.74) is 1.92. The molecular formula is C30H43N3O5. The number of carbonyl (C=O) groups is 3. The van der Waals surface area contributed by atoms with E-state index in [4.69, 9.17) is 4.74 Å². The van der Waals surface area contributed by atoms with Crippen LogP contribution in [-0.2, 0) is 14.3 Å². The average Bonchev–Trinajstić information content (AvgIpc) is 2.78. The molecule has 0 fully saturated rings. The molecule has 38 heavy (non-hydrogen) atoms. The van der Waals surface area contributed by atoms with Gasteiger partial charge in [-0.15, -0.1) is 0 Å². The molecule has 0 radical (unpaired) electrons. The highest BCUT2D eigenvalue weighted by Crippen LogP contribution is 2.30. The van der Waals surface area contributed by atoms with Crippen LogP contribution in [0.2, 0.25) is 0 Å². The van der Waals surface area contributed by atoms with Gasteiger partial charge in [0.15, 0.2) is 0 Å². The van der Waals surface area contributed by atoms with Gasteiger partial charge in [-0.3, -0.25) is 9.59 Å². The van der Waals surface area contributed by atoms with Gasteiger partial charge in [0.05, 0.1) is 0 Å². The smallest absolute Gasteiger partial charge is 0.408 e. The standard InChI is InChI=1S/C30H43N3O5/c1-18(2)16-24(32-29(37)38-30(7,8)9)28(36)33(19(3)4)26(22-14-15-25(34)21(6)17-22)27(35)31-23-13-11-10-12-20(23)5/h10-15,17-19,24,26,34H,16H2,1-9H3,(H,31,35)(H,32,37). The largest absolute Gasteiger partial charge is 0.508 e. The number of aromatic hydroxyl groups is 1. The number of carbonyl (C=O) groups excluding carboxylic acids is 3. The maximum Gasteiger partial charge on any atom is 0.408 e. The van der Waals surface area contributed by atoms with E-state index in [0.717, 1.165) is 5.56 Å². The van der Waals surface area contributed by atoms with E-state index in [-0.39, 0.29) is 17.7 Å². The van der Waals surface area contributed by atoms with Gasteiger partial charge in [0, 0.05) is 11.7 Å². The van der Waals surface area contributed by atoms with Crippen LogP contribution in [-0.4, -0.2) is 45.6 Å². The Bertz CT molecular complexity index is 1140. The van der Waals surface area contributed by atoms with Gasteiger partial charge < -0.3 is 25.4 Å². The first kappa shape index (κ1) is 30.7. The van der Waals surface area contributed by atoms with Crippen LogP contribution >= 0.6 is 0 Å². The first-order valence-electron chi connectivity index (χ1n) is 13.1. The molecule has 208 valence electrons. The predicted molar refractivity (Wildman–Crippen MR) is 150 cm³/mol. The lowest BCUT2D eigenvalue weighted by atomic mass is 9.96. The minimum absolute atomic E-state index is 0.0862. The Morgan fingerprint density at radius 2 is 1.61 bits per heavy atom. The summed E-state index contributed by atoms with van der Waals surface area (Å²) in [6.07, 6.45) is -0.330. The Balaban J connectivity index is 2.56. The highest BCUT2D eigenvalue weighted by atomic mass is 16.6. The number of phenolic OH excluding ortho intramolecular Hbond substituents is 1. The quantitative estimate of drug-likeness (QED) is 0.380. The van der Waals surface area contributed by atoms with Gasteiger partial charge in [0.1, 0.15) is 23.4 Å². The number of hydrogen-bond donors (Lipinski definition) is 3. The molecule has 2 aromatic carbocycles. The van der Waals surface area contributed by atoms with E-state index < -0.39 is 35.6 Å². The minimum atomic E-state index is -1.02. The monoisotopic (exact) mass is 525 g/mol. The third kappa shape index (κ3) is 8.50. The predicted octanol–water partition coefficient (Wildman–Crippen LogP) is 5.87. The molecule has 2 atom stereocenters. The molecule has 0 spiro atoms. The lowest BCUT2D eigenvalue weighted by molar-refractivity contribution is -0.143. The summed E-state index contributed by atoms with van der Waals surface area (Å²) in [7, 11) is 0. The molecular weight excluding hydrogens is 482 g/mol. The van der Waals surface area contributed by atoms with E-state index in [1.54, 1.807) is 45.9 Å². The summed E-state index contributed by atoms with van der Waals surface area (Å²) < 4.78 is 5.43. The van der Waals surface area contributed by atoms with Crippen molar-refractivity contribution in [2.24, 2.45) is 5.92 Å². The van der Waals surface area contributed by atoms with E-state index >= 15 is 0 Å². The van der Waals surface area contributed by atoms with Crippen LogP contribution in [0.1, 0.15) is 77.6 Å². The average molecular weight is 526 g/mol. The third-order valence-corrected chi connectivity index (χ3v) is 5.97. The van der Waals surface area contributed by atoms with Gasteiger partial charge in [-0.05, 0) is 95.7 Å². The second kappa shape index (κ2) is 12.8. The van der Waals surface area contributed by atoms with E-state index in [1.807, 2.05) is 52.8 Å². The Kier molecular flexibility index (Phi) is 10.3. The first-order chi connectivity index (χ1) is 17.6. The van der Waals surface area contributed by atoms with Crippen LogP contribution in [0.15, 0.2) is 42.5 Å². The third-order valence-electron chi connectivity index (χ3n) is 5.97. The van der Waals surface area contributed by atoms with Crippen molar-refractivity contribution in [2.75, 3.05) is 5.32 Å². The van der Waals surface area contributed by atoms with E-state index in [1.165, 1.54) is 11.0 Å². The number of rotatable bonds is 9. The van der Waals surface area contributed by atoms with Crippen molar-refractivity contribution in [1.29, 1.82) is 0 Å². The van der Waals surface area contributed by atoms with E-state index in [9.17, 15) is 19.5 Å². The maximum atomic E-state index is 14.1. The highest BCUT2D eigenvalue weighted by Gasteiger charge is 2.38. The van der Waals surface area contributed by atoms with Gasteiger partial charge in [-0.25, -0.2) is 4.79 Å². The topological polar surface area (TPSA) is 108 Å². The van der Waals surface area contributed by atoms with Gasteiger partial charge >= 0.3 is 6.09 Å². The van der Waals surface area contributed by atoms with Gasteiger partial charge in [0.25, 0.3) is 5.91 Å². The summed E-state index contributed by atoms with van der Waals surface area (Å²) in [4.78, 5) is 42.2. The SMILES string of the molecule is Cc1cc(C(C(=O)Nc2ccccc2C)N(C(=O)C(CC(C)C)NC(=O)OC(C)(C)C)C(C)C)ccc1O. The molecule has 3 amide bonds. The number of hydrogen-bond acceptors (Lipinski definition) is 5. The molecule has 0 saturated heterocycles. The molecule has 0 bridgehead atoms. The van der Waals surface area contributed by atoms with Crippen molar-refractivity contribution in [3.8, 4) is 5.75 Å². The van der Waals surface area contributed by atoms with E-state index in [0.29, 0.717) is 23.2 Å². The zero-order chi connectivity index (χ0) is 28.8. The number of amides is 3. The Labute approximate surface area is 226 Å². The Morgan fingerprint density at radius 1 is 0.974 bits per heavy atom. The number of aryl methyl sites for hydroxylation is 2. The lowest BCUT2D eigenvalue weighted by Gasteiger charge is -2.37. The van der Waals surface area contributed by atoms with Crippen LogP contribution in [0.4, 0.5) is 10.5 Å². The van der Waals surface area contributed by atoms with Gasteiger partial charge in [-0.2, -0.15) is 0 Å². The maximum absolute atomic E-state index is 14.1. The fourth-order valence-electron chi connectivity index (χ4n) is 4.20. The van der Waals surface area contributed by atoms with Crippen LogP contribution in [0.3, 0.4) is 0 Å². The van der Waals surface area contributed by atoms with Crippen LogP contribution in [0.5, 0.6) is 5.75 Å². The van der Waals surface area contributed by atoms with Crippen molar-refractivity contribution in [2.45, 2.75) is 92.5 Å². The number of phenols is 1. The Morgan fingerprint density at radius 3 is 2.13 bits per heavy atom. The number of nitrogens with zero attached hydrogens (tertiary/aromatic N) is 1. The van der Waals surface area contributed by atoms with Crippen LogP contribution in [0.25, 0.3) is 0 Å². The van der Waals surface area contributed by atoms with Crippen molar-refractivity contribution in [3.05, 3.63) is 59.2 Å². The summed E-state index contributed by atoms with van der Waals surface area (Å²) in [5.74, 6) is -0.608. The molecule has 0 aromatic heterocycles. The zero-order valence-electron chi connectivity index (χ0n) is 24.1. The van der Waals surface area contributed by atoms with Crippen LogP contribution < -0.4 is 10.6 Å². The van der Waals surface area contributed by atoms with E-state index in [2.05, 4.69) is 10.6 Å². The number of alkyl carbamates (subject to hydrolysis) is 1. The summed E-state index contributed by atoms with van der Waals surface area (Å²) in [5, 5.41) is 15.8. The van der Waals surface area contributed by atoms with Crippen molar-refractivity contribution >= 4 is 23.6 Å². The van der Waals surface area contributed by atoms with Gasteiger partial charge in [-0.1, -0.05) is 38.1 Å². The normalized spacial score (nSPS) is 13.1. The number of benzene rings is 2.